The number of carbonyl (C=O) groups is 6. The number of rotatable bonds is 46. The summed E-state index contributed by atoms with van der Waals surface area (Å²) in [7, 11) is 0. The van der Waals surface area contributed by atoms with Gasteiger partial charge in [-0.25, -0.2) is 0 Å². The Hall–Kier alpha value is -4.50. The molecule has 0 aliphatic carbocycles. The van der Waals surface area contributed by atoms with Crippen LogP contribution in [0, 0.1) is 0 Å². The summed E-state index contributed by atoms with van der Waals surface area (Å²) < 4.78 is 67.0. The maximum absolute atomic E-state index is 13.2. The van der Waals surface area contributed by atoms with E-state index in [-0.39, 0.29) is 84.8 Å². The van der Waals surface area contributed by atoms with Gasteiger partial charge in [0.15, 0.2) is 37.7 Å². The monoisotopic (exact) mass is 1590 g/mol. The molecule has 6 saturated heterocycles. The van der Waals surface area contributed by atoms with E-state index in [1.165, 1.54) is 4.90 Å². The van der Waals surface area contributed by atoms with E-state index < -0.39 is 259 Å². The maximum atomic E-state index is 13.2. The number of nitrogens with two attached hydrogens (primary N) is 1. The average Bonchev–Trinajstić information content (AvgIpc) is 0.789. The van der Waals surface area contributed by atoms with E-state index in [9.17, 15) is 131 Å². The van der Waals surface area contributed by atoms with Crippen LogP contribution in [-0.2, 0) is 85.6 Å². The van der Waals surface area contributed by atoms with Gasteiger partial charge in [0, 0.05) is 52.0 Å². The predicted octanol–water partition coefficient (Wildman–Crippen LogP) is -15.0. The number of hydrogen-bond acceptors (Lipinski definition) is 39. The Labute approximate surface area is 625 Å². The molecule has 0 aromatic heterocycles. The molecule has 0 spiro atoms. The number of hydrogen-bond donors (Lipinski definition) is 26. The van der Waals surface area contributed by atoms with E-state index in [0.717, 1.165) is 0 Å². The maximum Gasteiger partial charge on any atom is 0.234 e. The zero-order valence-corrected chi connectivity index (χ0v) is 59.9. The minimum absolute atomic E-state index is 0.0244. The minimum atomic E-state index is -1.97. The normalized spacial score (nSPS) is 37.1. The second-order valence-corrected chi connectivity index (χ2v) is 27.2. The molecule has 0 radical (unpaired) electrons. The van der Waals surface area contributed by atoms with Gasteiger partial charge in [0.25, 0.3) is 0 Å². The molecule has 6 rings (SSSR count). The van der Waals surface area contributed by atoms with E-state index in [0.29, 0.717) is 57.8 Å². The van der Waals surface area contributed by atoms with Crippen LogP contribution in [0.4, 0.5) is 0 Å². The lowest BCUT2D eigenvalue weighted by Gasteiger charge is -2.46. The highest BCUT2D eigenvalue weighted by atomic mass is 16.8. The van der Waals surface area contributed by atoms with Gasteiger partial charge in [0.2, 0.25) is 35.4 Å². The van der Waals surface area contributed by atoms with Crippen LogP contribution in [0.5, 0.6) is 0 Å². The van der Waals surface area contributed by atoms with Gasteiger partial charge in [0.1, 0.15) is 146 Å². The third-order valence-corrected chi connectivity index (χ3v) is 18.9. The summed E-state index contributed by atoms with van der Waals surface area (Å²) in [5.74, 6) is -2.81. The van der Waals surface area contributed by atoms with Gasteiger partial charge in [-0.1, -0.05) is 19.3 Å². The highest BCUT2D eigenvalue weighted by molar-refractivity contribution is 5.84. The molecule has 27 N–H and O–H groups in total. The highest BCUT2D eigenvalue weighted by Crippen LogP contribution is 2.34. The Bertz CT molecular complexity index is 2540. The summed E-state index contributed by atoms with van der Waals surface area (Å²) in [4.78, 5) is 77.5. The number of aliphatic hydroxyl groups excluding tert-OH is 20. The smallest absolute Gasteiger partial charge is 0.234 e. The molecule has 632 valence electrons. The summed E-state index contributed by atoms with van der Waals surface area (Å²) in [6, 6.07) is 0. The highest BCUT2D eigenvalue weighted by Gasteiger charge is 2.55. The van der Waals surface area contributed by atoms with Crippen molar-refractivity contribution < 1.29 is 188 Å². The zero-order valence-electron chi connectivity index (χ0n) is 59.9. The molecule has 30 atom stereocenters. The number of primary amides is 1. The Morgan fingerprint density at radius 2 is 0.569 bits per heavy atom. The first kappa shape index (κ1) is 93.4. The van der Waals surface area contributed by atoms with Gasteiger partial charge in [-0.3, -0.25) is 33.7 Å². The lowest BCUT2D eigenvalue weighted by molar-refractivity contribution is -0.366. The van der Waals surface area contributed by atoms with E-state index >= 15 is 0 Å². The van der Waals surface area contributed by atoms with Crippen LogP contribution in [0.1, 0.15) is 77.0 Å². The fourth-order valence-corrected chi connectivity index (χ4v) is 12.4. The number of nitrogens with one attached hydrogen (secondary N) is 5. The Balaban J connectivity index is 0.896. The van der Waals surface area contributed by atoms with Gasteiger partial charge >= 0.3 is 0 Å². The van der Waals surface area contributed by atoms with Crippen LogP contribution < -0.4 is 32.3 Å². The van der Waals surface area contributed by atoms with E-state index in [4.69, 9.17) is 62.6 Å². The lowest BCUT2D eigenvalue weighted by atomic mass is 9.96. The topological polar surface area (TPSA) is 707 Å². The quantitative estimate of drug-likeness (QED) is 0.0252. The van der Waals surface area contributed by atoms with Gasteiger partial charge in [-0.15, -0.1) is 0 Å². The van der Waals surface area contributed by atoms with Crippen LogP contribution in [0.25, 0.3) is 0 Å². The Morgan fingerprint density at radius 1 is 0.294 bits per heavy atom. The molecule has 6 aliphatic rings. The largest absolute Gasteiger partial charge is 0.394 e. The number of carbonyl (C=O) groups excluding carboxylic acids is 6. The van der Waals surface area contributed by atoms with Gasteiger partial charge in [-0.05, 0) is 38.5 Å². The van der Waals surface area contributed by atoms with Crippen molar-refractivity contribution in [2.24, 2.45) is 5.73 Å². The molecular weight excluding hydrogens is 1470 g/mol. The summed E-state index contributed by atoms with van der Waals surface area (Å²) in [6.45, 7) is -6.10. The zero-order chi connectivity index (χ0) is 80.2. The first-order valence-corrected chi connectivity index (χ1v) is 36.3. The molecule has 0 saturated carbocycles. The second-order valence-electron chi connectivity index (χ2n) is 27.2. The summed E-state index contributed by atoms with van der Waals surface area (Å²) in [6.07, 6.45) is -48.0. The second kappa shape index (κ2) is 47.4. The number of unbranched alkanes of at least 4 members (excludes halogenated alkanes) is 6. The molecule has 0 unspecified atom stereocenters. The molecule has 0 aromatic carbocycles. The Kier molecular flexibility index (Phi) is 40.6. The van der Waals surface area contributed by atoms with E-state index in [2.05, 4.69) is 26.6 Å². The lowest BCUT2D eigenvalue weighted by Crippen LogP contribution is -2.65. The van der Waals surface area contributed by atoms with Crippen molar-refractivity contribution in [3.05, 3.63) is 0 Å². The van der Waals surface area contributed by atoms with Gasteiger partial charge in [0.05, 0.1) is 72.5 Å². The molecule has 6 amide bonds. The van der Waals surface area contributed by atoms with Gasteiger partial charge in [-0.2, -0.15) is 0 Å². The molecule has 6 aliphatic heterocycles. The molecule has 109 heavy (non-hydrogen) atoms. The van der Waals surface area contributed by atoms with Crippen molar-refractivity contribution in [3.8, 4) is 0 Å². The van der Waals surface area contributed by atoms with Crippen molar-refractivity contribution in [1.29, 1.82) is 0 Å². The van der Waals surface area contributed by atoms with Crippen LogP contribution in [-0.4, -0.2) is 432 Å². The van der Waals surface area contributed by atoms with E-state index in [1.807, 2.05) is 0 Å². The summed E-state index contributed by atoms with van der Waals surface area (Å²) in [5, 5.41) is 222. The number of nitrogens with zero attached hydrogens (tertiary/aromatic N) is 1. The fraction of sp³-hybridized carbons (Fsp3) is 0.906. The number of ether oxygens (including phenoxy) is 12. The standard InChI is InChI=1S/C64H113N7O38/c65-35(76)10-4-1-7-13-66-38(79)20-71(21-39(80)67-14-8-2-5-11-36(77)69-16-18-98-61-55(96)57(108-63-53(94)49(90)43(84)31(25-74)104-63)45(86)33(106-61)27-100-59-51(92)47(88)41(82)29(23-72)102-59)22-40(81)68-15-9-3-6-12-37(78)70-17-19-99-62-56(97)58(109-64-54(95)50(91)44(85)32(26-75)105-64)46(87)34(107-62)28-101-60-52(93)48(89)42(83)30(24-73)103-60/h29-34,41-64,72-75,82-97H,1-28H2,(H2,65,76)(H,66,79)(H,67,80)(H,68,81)(H,69,77)(H,70,78)/t29-,30-,31-,32-,33-,34-,41-,42-,43-,44-,45-,46-,47+,48+,49+,50+,51+,52+,53+,54+,55+,56+,57+,58+,59+,60+,61+,62+,63-,64-/m1/s1. The fourth-order valence-electron chi connectivity index (χ4n) is 12.4. The predicted molar refractivity (Wildman–Crippen MR) is 356 cm³/mol. The van der Waals surface area contributed by atoms with E-state index in [1.54, 1.807) is 0 Å². The van der Waals surface area contributed by atoms with Crippen LogP contribution in [0.15, 0.2) is 0 Å². The van der Waals surface area contributed by atoms with Crippen molar-refractivity contribution in [3.63, 3.8) is 0 Å². The molecule has 6 fully saturated rings. The molecular formula is C64H113N7O38. The number of amides is 6. The first-order valence-electron chi connectivity index (χ1n) is 36.3. The minimum Gasteiger partial charge on any atom is -0.394 e. The first-order chi connectivity index (χ1) is 51.9. The van der Waals surface area contributed by atoms with Crippen LogP contribution in [0.3, 0.4) is 0 Å². The van der Waals surface area contributed by atoms with Crippen LogP contribution >= 0.6 is 0 Å². The average molecular weight is 1590 g/mol. The number of aliphatic hydroxyl groups is 20. The summed E-state index contributed by atoms with van der Waals surface area (Å²) >= 11 is 0. The van der Waals surface area contributed by atoms with Crippen molar-refractivity contribution in [1.82, 2.24) is 31.5 Å². The van der Waals surface area contributed by atoms with Crippen molar-refractivity contribution >= 4 is 35.4 Å². The molecule has 45 nitrogen and oxygen atoms in total. The molecule has 6 heterocycles. The van der Waals surface area contributed by atoms with Gasteiger partial charge < -0.3 is 191 Å². The molecule has 0 aromatic rings. The SMILES string of the molecule is NC(=O)CCCCCNC(=O)CN(CC(=O)NCCCCCC(=O)NCCO[C@H]1O[C@H](CO[C@H]2O[C@H](CO)[C@@H](O)[C@H](O)[C@@H]2O)[C@@H](O)[C@H](O[C@H]2O[C@H](CO)[C@@H](O)[C@H](O)[C@@H]2O)[C@@H]1O)CC(=O)NCCCCCC(=O)NCCO[C@H]1O[C@H](CO[C@H]2O[C@H](CO)[C@@H](O)[C@H](O)[C@@H]2O)[C@@H](O)[C@H](O[C@H]2O[C@H](CO)[C@@H](O)[C@H](O)[C@@H]2O)[C@@H]1O. The molecule has 0 bridgehead atoms. The van der Waals surface area contributed by atoms with Crippen molar-refractivity contribution in [2.75, 3.05) is 105 Å². The third-order valence-electron chi connectivity index (χ3n) is 18.9. The molecule has 45 heteroatoms. The summed E-state index contributed by atoms with van der Waals surface area (Å²) in [5.41, 5.74) is 5.21. The third kappa shape index (κ3) is 28.2. The van der Waals surface area contributed by atoms with Crippen LogP contribution in [0.2, 0.25) is 0 Å². The Morgan fingerprint density at radius 3 is 0.881 bits per heavy atom. The van der Waals surface area contributed by atoms with Crippen molar-refractivity contribution in [2.45, 2.75) is 261 Å².